The molecule has 1 heterocycles. The molecule has 5 heteroatoms. The zero-order chi connectivity index (χ0) is 13.7. The van der Waals surface area contributed by atoms with Crippen LogP contribution in [0.5, 0.6) is 5.75 Å². The molecule has 0 amide bonds. The number of benzene rings is 1. The lowest BCUT2D eigenvalue weighted by Gasteiger charge is -2.15. The molecular formula is C14H16ClN3O. The SMILES string of the molecule is COc1cccc(Cl)c1CNC(C)c1cnccn1. The van der Waals surface area contributed by atoms with Crippen LogP contribution in [0.2, 0.25) is 5.02 Å². The van der Waals surface area contributed by atoms with Gasteiger partial charge < -0.3 is 10.1 Å². The summed E-state index contributed by atoms with van der Waals surface area (Å²) in [5.41, 5.74) is 1.84. The van der Waals surface area contributed by atoms with Crippen LogP contribution in [0, 0.1) is 0 Å². The van der Waals surface area contributed by atoms with Crippen molar-refractivity contribution >= 4 is 11.6 Å². The third-order valence-electron chi connectivity index (χ3n) is 2.91. The minimum atomic E-state index is 0.0923. The van der Waals surface area contributed by atoms with Gasteiger partial charge in [-0.25, -0.2) is 0 Å². The Hall–Kier alpha value is -1.65. The first-order valence-corrected chi connectivity index (χ1v) is 6.41. The highest BCUT2D eigenvalue weighted by atomic mass is 35.5. The van der Waals surface area contributed by atoms with E-state index in [4.69, 9.17) is 16.3 Å². The van der Waals surface area contributed by atoms with E-state index in [0.717, 1.165) is 17.0 Å². The van der Waals surface area contributed by atoms with E-state index in [9.17, 15) is 0 Å². The van der Waals surface area contributed by atoms with Gasteiger partial charge in [-0.1, -0.05) is 17.7 Å². The smallest absolute Gasteiger partial charge is 0.124 e. The topological polar surface area (TPSA) is 47.0 Å². The summed E-state index contributed by atoms with van der Waals surface area (Å²) in [5, 5.41) is 4.06. The van der Waals surface area contributed by atoms with Crippen LogP contribution in [0.3, 0.4) is 0 Å². The van der Waals surface area contributed by atoms with Gasteiger partial charge in [0.25, 0.3) is 0 Å². The molecule has 0 saturated heterocycles. The van der Waals surface area contributed by atoms with Gasteiger partial charge in [0.2, 0.25) is 0 Å². The van der Waals surface area contributed by atoms with Gasteiger partial charge in [0.15, 0.2) is 0 Å². The molecule has 0 aliphatic heterocycles. The van der Waals surface area contributed by atoms with Crippen LogP contribution in [0.25, 0.3) is 0 Å². The van der Waals surface area contributed by atoms with E-state index in [1.165, 1.54) is 0 Å². The van der Waals surface area contributed by atoms with E-state index in [1.807, 2.05) is 25.1 Å². The average molecular weight is 278 g/mol. The van der Waals surface area contributed by atoms with Gasteiger partial charge in [0, 0.05) is 41.8 Å². The monoisotopic (exact) mass is 277 g/mol. The van der Waals surface area contributed by atoms with Gasteiger partial charge in [0.05, 0.1) is 12.8 Å². The maximum absolute atomic E-state index is 6.19. The molecular weight excluding hydrogens is 262 g/mol. The number of nitrogens with zero attached hydrogens (tertiary/aromatic N) is 2. The number of hydrogen-bond donors (Lipinski definition) is 1. The Kier molecular flexibility index (Phi) is 4.71. The summed E-state index contributed by atoms with van der Waals surface area (Å²) in [4.78, 5) is 8.33. The van der Waals surface area contributed by atoms with E-state index in [2.05, 4.69) is 15.3 Å². The maximum Gasteiger partial charge on any atom is 0.124 e. The van der Waals surface area contributed by atoms with E-state index >= 15 is 0 Å². The first-order valence-electron chi connectivity index (χ1n) is 6.03. The molecule has 1 N–H and O–H groups in total. The van der Waals surface area contributed by atoms with E-state index in [1.54, 1.807) is 25.7 Å². The van der Waals surface area contributed by atoms with Crippen LogP contribution in [-0.4, -0.2) is 17.1 Å². The quantitative estimate of drug-likeness (QED) is 0.913. The van der Waals surface area contributed by atoms with Gasteiger partial charge in [-0.15, -0.1) is 0 Å². The Morgan fingerprint density at radius 2 is 2.21 bits per heavy atom. The largest absolute Gasteiger partial charge is 0.496 e. The third-order valence-corrected chi connectivity index (χ3v) is 3.26. The zero-order valence-electron chi connectivity index (χ0n) is 10.9. The summed E-state index contributed by atoms with van der Waals surface area (Å²) in [5.74, 6) is 0.784. The van der Waals surface area contributed by atoms with Gasteiger partial charge >= 0.3 is 0 Å². The average Bonchev–Trinajstić information content (AvgIpc) is 2.46. The van der Waals surface area contributed by atoms with Crippen LogP contribution in [-0.2, 0) is 6.54 Å². The van der Waals surface area contributed by atoms with Crippen molar-refractivity contribution in [3.05, 3.63) is 53.1 Å². The summed E-state index contributed by atoms with van der Waals surface area (Å²) < 4.78 is 5.31. The van der Waals surface area contributed by atoms with Crippen molar-refractivity contribution in [1.82, 2.24) is 15.3 Å². The highest BCUT2D eigenvalue weighted by Crippen LogP contribution is 2.26. The summed E-state index contributed by atoms with van der Waals surface area (Å²) in [6.45, 7) is 2.65. The molecule has 0 saturated carbocycles. The number of aromatic nitrogens is 2. The fourth-order valence-electron chi connectivity index (χ4n) is 1.80. The fraction of sp³-hybridized carbons (Fsp3) is 0.286. The maximum atomic E-state index is 6.19. The molecule has 19 heavy (non-hydrogen) atoms. The molecule has 1 aromatic heterocycles. The summed E-state index contributed by atoms with van der Waals surface area (Å²) >= 11 is 6.19. The Labute approximate surface area is 117 Å². The summed E-state index contributed by atoms with van der Waals surface area (Å²) in [6.07, 6.45) is 5.10. The zero-order valence-corrected chi connectivity index (χ0v) is 11.7. The lowest BCUT2D eigenvalue weighted by molar-refractivity contribution is 0.406. The Balaban J connectivity index is 2.07. The second kappa shape index (κ2) is 6.50. The van der Waals surface area contributed by atoms with Crippen molar-refractivity contribution in [1.29, 1.82) is 0 Å². The van der Waals surface area contributed by atoms with Crippen molar-refractivity contribution in [2.45, 2.75) is 19.5 Å². The molecule has 100 valence electrons. The fourth-order valence-corrected chi connectivity index (χ4v) is 2.03. The van der Waals surface area contributed by atoms with Gasteiger partial charge in [-0.3, -0.25) is 9.97 Å². The first kappa shape index (κ1) is 13.8. The Morgan fingerprint density at radius 3 is 2.89 bits per heavy atom. The standard InChI is InChI=1S/C14H16ClN3O/c1-10(13-9-16-6-7-17-13)18-8-11-12(15)4-3-5-14(11)19-2/h3-7,9-10,18H,8H2,1-2H3. The number of nitrogens with one attached hydrogen (secondary N) is 1. The van der Waals surface area contributed by atoms with Crippen molar-refractivity contribution in [3.8, 4) is 5.75 Å². The first-order chi connectivity index (χ1) is 9.22. The van der Waals surface area contributed by atoms with E-state index < -0.39 is 0 Å². The summed E-state index contributed by atoms with van der Waals surface area (Å²) in [7, 11) is 1.64. The van der Waals surface area contributed by atoms with Gasteiger partial charge in [-0.2, -0.15) is 0 Å². The molecule has 0 fully saturated rings. The lowest BCUT2D eigenvalue weighted by Crippen LogP contribution is -2.19. The van der Waals surface area contributed by atoms with E-state index in [-0.39, 0.29) is 6.04 Å². The molecule has 2 rings (SSSR count). The normalized spacial score (nSPS) is 12.2. The molecule has 2 aromatic rings. The lowest BCUT2D eigenvalue weighted by atomic mass is 10.1. The van der Waals surface area contributed by atoms with Crippen LogP contribution < -0.4 is 10.1 Å². The highest BCUT2D eigenvalue weighted by molar-refractivity contribution is 6.31. The van der Waals surface area contributed by atoms with Crippen molar-refractivity contribution in [2.24, 2.45) is 0 Å². The van der Waals surface area contributed by atoms with Crippen LogP contribution in [0.15, 0.2) is 36.8 Å². The molecule has 0 radical (unpaired) electrons. The number of hydrogen-bond acceptors (Lipinski definition) is 4. The molecule has 0 aliphatic rings. The summed E-state index contributed by atoms with van der Waals surface area (Å²) in [6, 6.07) is 5.72. The Morgan fingerprint density at radius 1 is 1.37 bits per heavy atom. The molecule has 0 bridgehead atoms. The highest BCUT2D eigenvalue weighted by Gasteiger charge is 2.11. The number of methoxy groups -OCH3 is 1. The number of rotatable bonds is 5. The second-order valence-electron chi connectivity index (χ2n) is 4.15. The van der Waals surface area contributed by atoms with Crippen molar-refractivity contribution in [2.75, 3.05) is 7.11 Å². The molecule has 0 aliphatic carbocycles. The minimum absolute atomic E-state index is 0.0923. The molecule has 1 atom stereocenters. The number of ether oxygens (including phenoxy) is 1. The van der Waals surface area contributed by atoms with Gasteiger partial charge in [-0.05, 0) is 19.1 Å². The van der Waals surface area contributed by atoms with Crippen molar-refractivity contribution in [3.63, 3.8) is 0 Å². The Bertz CT molecular complexity index is 533. The van der Waals surface area contributed by atoms with Crippen LogP contribution in [0.4, 0.5) is 0 Å². The van der Waals surface area contributed by atoms with Crippen LogP contribution in [0.1, 0.15) is 24.2 Å². The third kappa shape index (κ3) is 3.43. The van der Waals surface area contributed by atoms with Gasteiger partial charge in [0.1, 0.15) is 5.75 Å². The molecule has 0 spiro atoms. The number of halogens is 1. The predicted octanol–water partition coefficient (Wildman–Crippen LogP) is 2.99. The molecule has 1 aromatic carbocycles. The van der Waals surface area contributed by atoms with Crippen molar-refractivity contribution < 1.29 is 4.74 Å². The molecule has 4 nitrogen and oxygen atoms in total. The predicted molar refractivity (Wildman–Crippen MR) is 75.3 cm³/mol. The second-order valence-corrected chi connectivity index (χ2v) is 4.56. The molecule has 1 unspecified atom stereocenters. The minimum Gasteiger partial charge on any atom is -0.496 e. The van der Waals surface area contributed by atoms with Crippen LogP contribution >= 0.6 is 11.6 Å². The van der Waals surface area contributed by atoms with E-state index in [0.29, 0.717) is 11.6 Å².